The van der Waals surface area contributed by atoms with E-state index in [1.165, 1.54) is 0 Å². The van der Waals surface area contributed by atoms with Crippen LogP contribution in [0.2, 0.25) is 0 Å². The minimum Gasteiger partial charge on any atom is -0.447 e. The molecule has 35 heavy (non-hydrogen) atoms. The number of hydrogen-bond acceptors (Lipinski definition) is 7. The van der Waals surface area contributed by atoms with Crippen molar-refractivity contribution >= 4 is 24.2 Å². The predicted molar refractivity (Wildman–Crippen MR) is 126 cm³/mol. The van der Waals surface area contributed by atoms with Gasteiger partial charge in [0.2, 0.25) is 0 Å². The standard InChI is InChI=1S/C25H35N3O7/c1-24(2,3)34-21(30)26-14-10-13-19(28(26)23(32)35-25(4,5)6)20(29)27-18(16-33-22(27)31)15-17-11-8-7-9-12-17/h7-9,11-12,18-19H,10,13-16H2,1-6H3/t18-,19+/m0/s1. The number of benzene rings is 1. The van der Waals surface area contributed by atoms with Crippen molar-refractivity contribution < 1.29 is 33.4 Å². The molecule has 1 aromatic rings. The van der Waals surface area contributed by atoms with Crippen molar-refractivity contribution in [1.29, 1.82) is 0 Å². The molecule has 10 heteroatoms. The van der Waals surface area contributed by atoms with Gasteiger partial charge in [0.25, 0.3) is 5.91 Å². The lowest BCUT2D eigenvalue weighted by Crippen LogP contribution is -2.64. The molecule has 0 N–H and O–H groups in total. The quantitative estimate of drug-likeness (QED) is 0.588. The third kappa shape index (κ3) is 6.64. The first-order valence-corrected chi connectivity index (χ1v) is 11.8. The van der Waals surface area contributed by atoms with Gasteiger partial charge < -0.3 is 14.2 Å². The van der Waals surface area contributed by atoms with Gasteiger partial charge in [-0.2, -0.15) is 0 Å². The molecule has 3 rings (SSSR count). The first kappa shape index (κ1) is 26.3. The highest BCUT2D eigenvalue weighted by Gasteiger charge is 2.48. The normalized spacial score (nSPS) is 21.0. The summed E-state index contributed by atoms with van der Waals surface area (Å²) in [7, 11) is 0. The third-order valence-corrected chi connectivity index (χ3v) is 5.39. The second-order valence-corrected chi connectivity index (χ2v) is 10.7. The zero-order valence-electron chi connectivity index (χ0n) is 21.3. The van der Waals surface area contributed by atoms with Crippen molar-refractivity contribution in [2.24, 2.45) is 0 Å². The molecule has 0 saturated carbocycles. The first-order chi connectivity index (χ1) is 16.3. The van der Waals surface area contributed by atoms with Gasteiger partial charge in [0.15, 0.2) is 0 Å². The molecule has 1 aromatic carbocycles. The van der Waals surface area contributed by atoms with Crippen molar-refractivity contribution in [1.82, 2.24) is 14.9 Å². The number of carbonyl (C=O) groups is 4. The Morgan fingerprint density at radius 2 is 1.57 bits per heavy atom. The van der Waals surface area contributed by atoms with Crippen LogP contribution in [0.5, 0.6) is 0 Å². The van der Waals surface area contributed by atoms with Crippen molar-refractivity contribution in [3.63, 3.8) is 0 Å². The van der Waals surface area contributed by atoms with Crippen LogP contribution >= 0.6 is 0 Å². The number of hydrazine groups is 1. The average Bonchev–Trinajstić information content (AvgIpc) is 3.10. The molecule has 4 amide bonds. The number of rotatable bonds is 3. The summed E-state index contributed by atoms with van der Waals surface area (Å²) in [6, 6.07) is 7.79. The molecular formula is C25H35N3O7. The van der Waals surface area contributed by atoms with Gasteiger partial charge in [-0.1, -0.05) is 30.3 Å². The Morgan fingerprint density at radius 3 is 2.17 bits per heavy atom. The summed E-state index contributed by atoms with van der Waals surface area (Å²) in [4.78, 5) is 53.7. The Bertz CT molecular complexity index is 952. The van der Waals surface area contributed by atoms with Crippen LogP contribution in [0, 0.1) is 0 Å². The molecule has 0 bridgehead atoms. The molecule has 2 heterocycles. The van der Waals surface area contributed by atoms with E-state index >= 15 is 0 Å². The van der Waals surface area contributed by atoms with Gasteiger partial charge >= 0.3 is 18.3 Å². The zero-order valence-corrected chi connectivity index (χ0v) is 21.3. The number of imide groups is 1. The number of hydrogen-bond donors (Lipinski definition) is 0. The van der Waals surface area contributed by atoms with Crippen molar-refractivity contribution in [3.05, 3.63) is 35.9 Å². The summed E-state index contributed by atoms with van der Waals surface area (Å²) in [5.74, 6) is -0.618. The van der Waals surface area contributed by atoms with E-state index < -0.39 is 47.5 Å². The van der Waals surface area contributed by atoms with Crippen LogP contribution in [0.3, 0.4) is 0 Å². The smallest absolute Gasteiger partial charge is 0.430 e. The molecule has 2 fully saturated rings. The fourth-order valence-corrected chi connectivity index (χ4v) is 4.02. The Morgan fingerprint density at radius 1 is 0.971 bits per heavy atom. The molecule has 2 atom stereocenters. The van der Waals surface area contributed by atoms with Crippen LogP contribution in [0.15, 0.2) is 30.3 Å². The summed E-state index contributed by atoms with van der Waals surface area (Å²) in [6.07, 6.45) is -1.32. The lowest BCUT2D eigenvalue weighted by Gasteiger charge is -2.44. The molecule has 2 aliphatic heterocycles. The second-order valence-electron chi connectivity index (χ2n) is 10.7. The van der Waals surface area contributed by atoms with E-state index in [4.69, 9.17) is 14.2 Å². The number of ether oxygens (including phenoxy) is 3. The highest BCUT2D eigenvalue weighted by atomic mass is 16.6. The van der Waals surface area contributed by atoms with E-state index in [0.29, 0.717) is 12.8 Å². The summed E-state index contributed by atoms with van der Waals surface area (Å²) in [6.45, 7) is 10.4. The Kier molecular flexibility index (Phi) is 7.62. The van der Waals surface area contributed by atoms with Crippen LogP contribution in [0.4, 0.5) is 14.4 Å². The van der Waals surface area contributed by atoms with Crippen LogP contribution in [0.25, 0.3) is 0 Å². The van der Waals surface area contributed by atoms with Crippen molar-refractivity contribution in [2.45, 2.75) is 84.1 Å². The van der Waals surface area contributed by atoms with E-state index in [0.717, 1.165) is 20.5 Å². The average molecular weight is 490 g/mol. The van der Waals surface area contributed by atoms with E-state index in [2.05, 4.69) is 0 Å². The Hall–Kier alpha value is -3.30. The molecule has 2 aliphatic rings. The van der Waals surface area contributed by atoms with E-state index in [9.17, 15) is 19.2 Å². The monoisotopic (exact) mass is 489 g/mol. The highest BCUT2D eigenvalue weighted by molar-refractivity contribution is 5.98. The van der Waals surface area contributed by atoms with E-state index in [-0.39, 0.29) is 19.6 Å². The summed E-state index contributed by atoms with van der Waals surface area (Å²) >= 11 is 0. The third-order valence-electron chi connectivity index (χ3n) is 5.39. The zero-order chi connectivity index (χ0) is 26.0. The molecule has 0 unspecified atom stereocenters. The fraction of sp³-hybridized carbons (Fsp3) is 0.600. The Balaban J connectivity index is 1.90. The van der Waals surface area contributed by atoms with Crippen molar-refractivity contribution in [3.8, 4) is 0 Å². The number of nitrogens with zero attached hydrogens (tertiary/aromatic N) is 3. The van der Waals surface area contributed by atoms with Gasteiger partial charge in [0.1, 0.15) is 23.9 Å². The molecular weight excluding hydrogens is 454 g/mol. The number of cyclic esters (lactones) is 1. The lowest BCUT2D eigenvalue weighted by atomic mass is 10.0. The van der Waals surface area contributed by atoms with Crippen LogP contribution in [0.1, 0.15) is 59.9 Å². The fourth-order valence-electron chi connectivity index (χ4n) is 4.02. The lowest BCUT2D eigenvalue weighted by molar-refractivity contribution is -0.147. The van der Waals surface area contributed by atoms with Gasteiger partial charge in [-0.25, -0.2) is 29.3 Å². The molecule has 192 valence electrons. The van der Waals surface area contributed by atoms with Crippen molar-refractivity contribution in [2.75, 3.05) is 13.2 Å². The predicted octanol–water partition coefficient (Wildman–Crippen LogP) is 4.13. The SMILES string of the molecule is CC(C)(C)OC(=O)N1CCC[C@H](C(=O)N2C(=O)OC[C@@H]2Cc2ccccc2)N1C(=O)OC(C)(C)C. The first-order valence-electron chi connectivity index (χ1n) is 11.8. The maximum absolute atomic E-state index is 13.7. The second kappa shape index (κ2) is 10.1. The van der Waals surface area contributed by atoms with Gasteiger partial charge in [-0.3, -0.25) is 4.79 Å². The molecule has 0 aromatic heterocycles. The largest absolute Gasteiger partial charge is 0.447 e. The molecule has 2 saturated heterocycles. The molecule has 0 radical (unpaired) electrons. The van der Waals surface area contributed by atoms with E-state index in [1.807, 2.05) is 30.3 Å². The van der Waals surface area contributed by atoms with Gasteiger partial charge in [0, 0.05) is 6.54 Å². The summed E-state index contributed by atoms with van der Waals surface area (Å²) < 4.78 is 16.2. The van der Waals surface area contributed by atoms with Crippen LogP contribution in [-0.2, 0) is 25.4 Å². The Labute approximate surface area is 206 Å². The topological polar surface area (TPSA) is 106 Å². The highest BCUT2D eigenvalue weighted by Crippen LogP contribution is 2.28. The van der Waals surface area contributed by atoms with Crippen LogP contribution < -0.4 is 0 Å². The summed E-state index contributed by atoms with van der Waals surface area (Å²) in [5, 5.41) is 2.09. The van der Waals surface area contributed by atoms with Gasteiger partial charge in [-0.15, -0.1) is 0 Å². The van der Waals surface area contributed by atoms with Gasteiger partial charge in [0.05, 0.1) is 6.04 Å². The van der Waals surface area contributed by atoms with Crippen LogP contribution in [-0.4, -0.2) is 75.5 Å². The van der Waals surface area contributed by atoms with E-state index in [1.54, 1.807) is 41.5 Å². The summed E-state index contributed by atoms with van der Waals surface area (Å²) in [5.41, 5.74) is -0.742. The molecule has 0 aliphatic carbocycles. The number of amides is 4. The minimum atomic E-state index is -1.13. The van der Waals surface area contributed by atoms with Gasteiger partial charge in [-0.05, 0) is 66.4 Å². The molecule has 0 spiro atoms. The molecule has 10 nitrogen and oxygen atoms in total. The minimum absolute atomic E-state index is 0.0500. The maximum atomic E-state index is 13.7. The number of carbonyl (C=O) groups excluding carboxylic acids is 4. The maximum Gasteiger partial charge on any atom is 0.430 e.